The second-order valence-corrected chi connectivity index (χ2v) is 8.79. The Kier molecular flexibility index (Phi) is 4.67. The van der Waals surface area contributed by atoms with Crippen LogP contribution in [0.5, 0.6) is 0 Å². The summed E-state index contributed by atoms with van der Waals surface area (Å²) < 4.78 is 3.04. The third-order valence-electron chi connectivity index (χ3n) is 6.92. The molecule has 6 heteroatoms. The molecule has 28 heavy (non-hydrogen) atoms. The number of fused-ring (bicyclic) bond motifs is 3. The first-order valence-corrected chi connectivity index (χ1v) is 10.7. The van der Waals surface area contributed by atoms with E-state index in [0.717, 1.165) is 36.8 Å². The quantitative estimate of drug-likeness (QED) is 0.762. The molecule has 2 fully saturated rings. The van der Waals surface area contributed by atoms with Gasteiger partial charge in [-0.25, -0.2) is 4.68 Å². The van der Waals surface area contributed by atoms with Crippen LogP contribution in [0.3, 0.4) is 0 Å². The van der Waals surface area contributed by atoms with E-state index in [-0.39, 0.29) is 5.92 Å². The predicted octanol–water partition coefficient (Wildman–Crippen LogP) is 2.06. The number of aromatic nitrogens is 3. The van der Waals surface area contributed by atoms with Crippen molar-refractivity contribution in [2.45, 2.75) is 51.1 Å². The van der Waals surface area contributed by atoms with Gasteiger partial charge in [0.1, 0.15) is 5.82 Å². The summed E-state index contributed by atoms with van der Waals surface area (Å²) in [4.78, 5) is 27.9. The van der Waals surface area contributed by atoms with E-state index >= 15 is 0 Å². The van der Waals surface area contributed by atoms with Gasteiger partial charge in [0.2, 0.25) is 0 Å². The SMILES string of the molecule is O=c1c(=O)n2c(nn1Cc1ccccc1)C1CN(CC3CCCC3)CCC1C2. The molecule has 1 aromatic carbocycles. The summed E-state index contributed by atoms with van der Waals surface area (Å²) in [5, 5.41) is 4.70. The summed E-state index contributed by atoms with van der Waals surface area (Å²) in [5.74, 6) is 2.36. The maximum absolute atomic E-state index is 12.8. The maximum atomic E-state index is 12.8. The Balaban J connectivity index is 1.42. The molecule has 5 rings (SSSR count). The van der Waals surface area contributed by atoms with Gasteiger partial charge in [0.05, 0.1) is 6.54 Å². The number of likely N-dealkylation sites (tertiary alicyclic amines) is 1. The van der Waals surface area contributed by atoms with Gasteiger partial charge < -0.3 is 4.90 Å². The Bertz CT molecular complexity index is 959. The van der Waals surface area contributed by atoms with Crippen LogP contribution in [0.2, 0.25) is 0 Å². The fourth-order valence-electron chi connectivity index (χ4n) is 5.40. The van der Waals surface area contributed by atoms with Crippen LogP contribution < -0.4 is 11.1 Å². The third kappa shape index (κ3) is 3.24. The van der Waals surface area contributed by atoms with Crippen molar-refractivity contribution < 1.29 is 0 Å². The lowest BCUT2D eigenvalue weighted by Gasteiger charge is -2.35. The lowest BCUT2D eigenvalue weighted by molar-refractivity contribution is 0.144. The molecule has 0 radical (unpaired) electrons. The molecule has 0 N–H and O–H groups in total. The average Bonchev–Trinajstić information content (AvgIpc) is 3.35. The molecule has 6 nitrogen and oxygen atoms in total. The Hall–Kier alpha value is -2.21. The van der Waals surface area contributed by atoms with Crippen LogP contribution in [0.4, 0.5) is 0 Å². The normalized spacial score (nSPS) is 25.0. The summed E-state index contributed by atoms with van der Waals surface area (Å²) >= 11 is 0. The highest BCUT2D eigenvalue weighted by Crippen LogP contribution is 2.38. The predicted molar refractivity (Wildman–Crippen MR) is 108 cm³/mol. The summed E-state index contributed by atoms with van der Waals surface area (Å²) in [6.45, 7) is 4.26. The zero-order valence-electron chi connectivity index (χ0n) is 16.3. The number of piperidine rings is 1. The minimum absolute atomic E-state index is 0.269. The molecule has 1 aliphatic carbocycles. The zero-order valence-corrected chi connectivity index (χ0v) is 16.3. The molecular weight excluding hydrogens is 352 g/mol. The third-order valence-corrected chi connectivity index (χ3v) is 6.92. The molecule has 3 heterocycles. The minimum Gasteiger partial charge on any atom is -0.302 e. The van der Waals surface area contributed by atoms with E-state index in [0.29, 0.717) is 19.0 Å². The number of rotatable bonds is 4. The molecule has 2 aromatic rings. The van der Waals surface area contributed by atoms with Gasteiger partial charge in [-0.15, -0.1) is 0 Å². The molecular formula is C22H28N4O2. The fraction of sp³-hybridized carbons (Fsp3) is 0.591. The number of hydrogen-bond donors (Lipinski definition) is 0. The van der Waals surface area contributed by atoms with E-state index in [1.807, 2.05) is 30.3 Å². The van der Waals surface area contributed by atoms with Gasteiger partial charge in [-0.05, 0) is 43.2 Å². The largest absolute Gasteiger partial charge is 0.332 e. The molecule has 2 aliphatic heterocycles. The van der Waals surface area contributed by atoms with Crippen LogP contribution in [0, 0.1) is 11.8 Å². The van der Waals surface area contributed by atoms with Gasteiger partial charge in [0.25, 0.3) is 0 Å². The smallest absolute Gasteiger partial charge is 0.302 e. The Morgan fingerprint density at radius 3 is 2.54 bits per heavy atom. The molecule has 3 aliphatic rings. The fourth-order valence-corrected chi connectivity index (χ4v) is 5.40. The van der Waals surface area contributed by atoms with Crippen molar-refractivity contribution in [3.8, 4) is 0 Å². The van der Waals surface area contributed by atoms with E-state index in [2.05, 4.69) is 4.90 Å². The van der Waals surface area contributed by atoms with Crippen molar-refractivity contribution in [1.29, 1.82) is 0 Å². The summed E-state index contributed by atoms with van der Waals surface area (Å²) in [6.07, 6.45) is 6.55. The molecule has 0 bridgehead atoms. The molecule has 1 aromatic heterocycles. The van der Waals surface area contributed by atoms with Gasteiger partial charge in [-0.2, -0.15) is 5.10 Å². The van der Waals surface area contributed by atoms with E-state index in [1.54, 1.807) is 4.57 Å². The van der Waals surface area contributed by atoms with Gasteiger partial charge in [-0.3, -0.25) is 14.2 Å². The van der Waals surface area contributed by atoms with Crippen LogP contribution in [-0.2, 0) is 13.1 Å². The van der Waals surface area contributed by atoms with Gasteiger partial charge in [0.15, 0.2) is 0 Å². The summed E-state index contributed by atoms with van der Waals surface area (Å²) in [6, 6.07) is 9.76. The van der Waals surface area contributed by atoms with Crippen molar-refractivity contribution in [2.24, 2.45) is 11.8 Å². The lowest BCUT2D eigenvalue weighted by atomic mass is 9.87. The Morgan fingerprint density at radius 2 is 1.75 bits per heavy atom. The number of benzene rings is 1. The van der Waals surface area contributed by atoms with Crippen molar-refractivity contribution in [3.63, 3.8) is 0 Å². The van der Waals surface area contributed by atoms with Crippen molar-refractivity contribution in [2.75, 3.05) is 19.6 Å². The summed E-state index contributed by atoms with van der Waals surface area (Å²) in [5.41, 5.74) is 0.0780. The second-order valence-electron chi connectivity index (χ2n) is 8.79. The molecule has 2 atom stereocenters. The average molecular weight is 380 g/mol. The number of nitrogens with zero attached hydrogens (tertiary/aromatic N) is 4. The Labute approximate surface area is 164 Å². The first-order chi connectivity index (χ1) is 13.7. The molecule has 0 spiro atoms. The van der Waals surface area contributed by atoms with Gasteiger partial charge in [0, 0.05) is 25.6 Å². The van der Waals surface area contributed by atoms with Crippen LogP contribution in [-0.4, -0.2) is 38.9 Å². The number of hydrogen-bond acceptors (Lipinski definition) is 4. The second kappa shape index (κ2) is 7.32. The molecule has 1 saturated carbocycles. The van der Waals surface area contributed by atoms with Crippen molar-refractivity contribution >= 4 is 0 Å². The minimum atomic E-state index is -0.505. The van der Waals surface area contributed by atoms with Crippen molar-refractivity contribution in [3.05, 3.63) is 62.4 Å². The van der Waals surface area contributed by atoms with Gasteiger partial charge >= 0.3 is 11.1 Å². The molecule has 1 saturated heterocycles. The highest BCUT2D eigenvalue weighted by molar-refractivity contribution is 5.15. The van der Waals surface area contributed by atoms with Crippen LogP contribution in [0.1, 0.15) is 49.4 Å². The van der Waals surface area contributed by atoms with Crippen molar-refractivity contribution in [1.82, 2.24) is 19.2 Å². The molecule has 2 unspecified atom stereocenters. The van der Waals surface area contributed by atoms with E-state index in [1.165, 1.54) is 36.9 Å². The maximum Gasteiger partial charge on any atom is 0.332 e. The van der Waals surface area contributed by atoms with Crippen LogP contribution >= 0.6 is 0 Å². The molecule has 0 amide bonds. The standard InChI is InChI=1S/C22H28N4O2/c27-21-22(28)26(13-17-6-2-1-3-7-17)23-20-19-15-24(12-16-8-4-5-9-16)11-10-18(19)14-25(20)21/h1-3,6-7,16,18-19H,4-5,8-15H2. The summed E-state index contributed by atoms with van der Waals surface area (Å²) in [7, 11) is 0. The van der Waals surface area contributed by atoms with Crippen LogP contribution in [0.25, 0.3) is 0 Å². The van der Waals surface area contributed by atoms with E-state index < -0.39 is 11.1 Å². The first kappa shape index (κ1) is 17.9. The van der Waals surface area contributed by atoms with Crippen LogP contribution in [0.15, 0.2) is 39.9 Å². The van der Waals surface area contributed by atoms with E-state index in [4.69, 9.17) is 5.10 Å². The zero-order chi connectivity index (χ0) is 19.1. The lowest BCUT2D eigenvalue weighted by Crippen LogP contribution is -2.44. The first-order valence-electron chi connectivity index (χ1n) is 10.7. The Morgan fingerprint density at radius 1 is 0.964 bits per heavy atom. The monoisotopic (exact) mass is 380 g/mol. The highest BCUT2D eigenvalue weighted by Gasteiger charge is 2.40. The molecule has 148 valence electrons. The topological polar surface area (TPSA) is 60.1 Å². The highest BCUT2D eigenvalue weighted by atomic mass is 16.2. The van der Waals surface area contributed by atoms with E-state index in [9.17, 15) is 9.59 Å². The van der Waals surface area contributed by atoms with Gasteiger partial charge in [-0.1, -0.05) is 43.2 Å².